The molecule has 54 valence electrons. The van der Waals surface area contributed by atoms with Gasteiger partial charge in [0, 0.05) is 11.8 Å². The van der Waals surface area contributed by atoms with Crippen molar-refractivity contribution in [2.24, 2.45) is 0 Å². The molecule has 0 aromatic heterocycles. The molecule has 9 heavy (non-hydrogen) atoms. The lowest BCUT2D eigenvalue weighted by Gasteiger charge is -1.95. The molecular weight excluding hydrogens is 160 g/mol. The first-order valence-electron chi connectivity index (χ1n) is 2.51. The van der Waals surface area contributed by atoms with Gasteiger partial charge in [-0.25, -0.2) is 8.42 Å². The number of sulfone groups is 1. The van der Waals surface area contributed by atoms with Gasteiger partial charge in [0.25, 0.3) is 0 Å². The van der Waals surface area contributed by atoms with E-state index >= 15 is 0 Å². The molecule has 0 N–H and O–H groups in total. The van der Waals surface area contributed by atoms with Gasteiger partial charge in [-0.1, -0.05) is 18.5 Å². The van der Waals surface area contributed by atoms with E-state index in [0.29, 0.717) is 6.42 Å². The first-order chi connectivity index (χ1) is 4.02. The summed E-state index contributed by atoms with van der Waals surface area (Å²) in [6.45, 7) is 1.75. The van der Waals surface area contributed by atoms with Crippen molar-refractivity contribution < 1.29 is 8.42 Å². The Bertz CT molecular complexity index is 203. The maximum Gasteiger partial charge on any atom is 0.172 e. The number of hydrogen-bond donors (Lipinski definition) is 0. The van der Waals surface area contributed by atoms with Gasteiger partial charge in [-0.05, 0) is 6.42 Å². The fourth-order valence-electron chi connectivity index (χ4n) is 0.420. The van der Waals surface area contributed by atoms with Crippen molar-refractivity contribution in [2.75, 3.05) is 6.26 Å². The number of halogens is 1. The van der Waals surface area contributed by atoms with E-state index in [1.54, 1.807) is 6.92 Å². The zero-order valence-corrected chi connectivity index (χ0v) is 6.96. The van der Waals surface area contributed by atoms with Crippen LogP contribution in [0, 0.1) is 0 Å². The van der Waals surface area contributed by atoms with Gasteiger partial charge in [0.15, 0.2) is 9.84 Å². The van der Waals surface area contributed by atoms with Gasteiger partial charge in [-0.15, -0.1) is 0 Å². The minimum absolute atomic E-state index is 0.282. The van der Waals surface area contributed by atoms with Gasteiger partial charge in [-0.3, -0.25) is 0 Å². The fourth-order valence-corrected chi connectivity index (χ4v) is 1.75. The van der Waals surface area contributed by atoms with Crippen LogP contribution in [-0.2, 0) is 9.84 Å². The largest absolute Gasteiger partial charge is 0.224 e. The Hall–Kier alpha value is -0.0200. The second kappa shape index (κ2) is 3.22. The molecule has 0 aliphatic heterocycles. The SMILES string of the molecule is CC/C(=C/Cl)S(C)(=O)=O. The standard InChI is InChI=1S/C5H9ClO2S/c1-3-5(4-6)9(2,7)8/h4H,3H2,1-2H3/b5-4-. The number of rotatable bonds is 2. The summed E-state index contributed by atoms with van der Waals surface area (Å²) < 4.78 is 21.3. The van der Waals surface area contributed by atoms with Crippen LogP contribution in [0.25, 0.3) is 0 Å². The molecule has 0 unspecified atom stereocenters. The van der Waals surface area contributed by atoms with Crippen molar-refractivity contribution in [3.05, 3.63) is 10.4 Å². The summed E-state index contributed by atoms with van der Waals surface area (Å²) in [5.41, 5.74) is 1.11. The summed E-state index contributed by atoms with van der Waals surface area (Å²) in [5, 5.41) is 0. The van der Waals surface area contributed by atoms with Crippen LogP contribution in [-0.4, -0.2) is 14.7 Å². The summed E-state index contributed by atoms with van der Waals surface area (Å²) in [4.78, 5) is 0.282. The second-order valence-electron chi connectivity index (χ2n) is 1.70. The van der Waals surface area contributed by atoms with Crippen molar-refractivity contribution in [1.82, 2.24) is 0 Å². The maximum atomic E-state index is 10.6. The normalized spacial score (nSPS) is 13.9. The summed E-state index contributed by atoms with van der Waals surface area (Å²) in [5.74, 6) is 0. The molecule has 0 aliphatic rings. The van der Waals surface area contributed by atoms with E-state index in [2.05, 4.69) is 0 Å². The molecule has 0 bridgehead atoms. The van der Waals surface area contributed by atoms with E-state index in [-0.39, 0.29) is 4.91 Å². The highest BCUT2D eigenvalue weighted by molar-refractivity contribution is 7.94. The first-order valence-corrected chi connectivity index (χ1v) is 4.84. The lowest BCUT2D eigenvalue weighted by molar-refractivity contribution is 0.606. The van der Waals surface area contributed by atoms with Crippen LogP contribution in [0.4, 0.5) is 0 Å². The Morgan fingerprint density at radius 3 is 2.11 bits per heavy atom. The van der Waals surface area contributed by atoms with Gasteiger partial charge < -0.3 is 0 Å². The van der Waals surface area contributed by atoms with Crippen LogP contribution >= 0.6 is 11.6 Å². The van der Waals surface area contributed by atoms with Crippen molar-refractivity contribution in [1.29, 1.82) is 0 Å². The average Bonchev–Trinajstić information content (AvgIpc) is 1.65. The van der Waals surface area contributed by atoms with Gasteiger partial charge >= 0.3 is 0 Å². The van der Waals surface area contributed by atoms with Gasteiger partial charge in [0.05, 0.1) is 4.91 Å². The first kappa shape index (κ1) is 8.98. The maximum absolute atomic E-state index is 10.6. The van der Waals surface area contributed by atoms with Crippen LogP contribution in [0.1, 0.15) is 13.3 Å². The summed E-state index contributed by atoms with van der Waals surface area (Å²) >= 11 is 5.21. The van der Waals surface area contributed by atoms with Crippen LogP contribution < -0.4 is 0 Å². The van der Waals surface area contributed by atoms with Gasteiger partial charge in [0.1, 0.15) is 0 Å². The summed E-state index contributed by atoms with van der Waals surface area (Å²) in [7, 11) is -3.04. The van der Waals surface area contributed by atoms with Crippen LogP contribution in [0.15, 0.2) is 10.4 Å². The highest BCUT2D eigenvalue weighted by Gasteiger charge is 2.06. The molecule has 0 radical (unpaired) electrons. The minimum atomic E-state index is -3.04. The third-order valence-corrected chi connectivity index (χ3v) is 2.70. The highest BCUT2D eigenvalue weighted by Crippen LogP contribution is 2.09. The molecular formula is C5H9ClO2S. The monoisotopic (exact) mass is 168 g/mol. The molecule has 0 spiro atoms. The molecule has 0 atom stereocenters. The Balaban J connectivity index is 4.56. The van der Waals surface area contributed by atoms with E-state index < -0.39 is 9.84 Å². The van der Waals surface area contributed by atoms with Crippen molar-refractivity contribution in [3.8, 4) is 0 Å². The second-order valence-corrected chi connectivity index (χ2v) is 3.99. The number of hydrogen-bond acceptors (Lipinski definition) is 2. The molecule has 2 nitrogen and oxygen atoms in total. The van der Waals surface area contributed by atoms with Crippen LogP contribution in [0.3, 0.4) is 0 Å². The third kappa shape index (κ3) is 2.87. The third-order valence-electron chi connectivity index (χ3n) is 0.946. The van der Waals surface area contributed by atoms with Crippen molar-refractivity contribution in [2.45, 2.75) is 13.3 Å². The molecule has 0 amide bonds. The van der Waals surface area contributed by atoms with E-state index in [1.807, 2.05) is 0 Å². The molecule has 0 heterocycles. The summed E-state index contributed by atoms with van der Waals surface area (Å²) in [6.07, 6.45) is 1.60. The lowest BCUT2D eigenvalue weighted by Crippen LogP contribution is -1.98. The molecule has 0 aromatic rings. The Morgan fingerprint density at radius 1 is 1.67 bits per heavy atom. The van der Waals surface area contributed by atoms with Gasteiger partial charge in [-0.2, -0.15) is 0 Å². The Morgan fingerprint density at radius 2 is 2.11 bits per heavy atom. The smallest absolute Gasteiger partial charge is 0.172 e. The van der Waals surface area contributed by atoms with E-state index in [4.69, 9.17) is 11.6 Å². The van der Waals surface area contributed by atoms with E-state index in [9.17, 15) is 8.42 Å². The Kier molecular flexibility index (Phi) is 3.22. The highest BCUT2D eigenvalue weighted by atomic mass is 35.5. The predicted molar refractivity (Wildman–Crippen MR) is 39.1 cm³/mol. The molecule has 0 fully saturated rings. The molecule has 4 heteroatoms. The quantitative estimate of drug-likeness (QED) is 0.627. The predicted octanol–water partition coefficient (Wildman–Crippen LogP) is 1.52. The van der Waals surface area contributed by atoms with E-state index in [0.717, 1.165) is 11.8 Å². The fraction of sp³-hybridized carbons (Fsp3) is 0.600. The van der Waals surface area contributed by atoms with Crippen LogP contribution in [0.5, 0.6) is 0 Å². The molecule has 0 rings (SSSR count). The zero-order valence-electron chi connectivity index (χ0n) is 5.39. The van der Waals surface area contributed by atoms with Gasteiger partial charge in [0.2, 0.25) is 0 Å². The van der Waals surface area contributed by atoms with Crippen LogP contribution in [0.2, 0.25) is 0 Å². The van der Waals surface area contributed by atoms with E-state index in [1.165, 1.54) is 0 Å². The lowest BCUT2D eigenvalue weighted by atomic mass is 10.5. The number of allylic oxidation sites excluding steroid dienone is 1. The van der Waals surface area contributed by atoms with Crippen molar-refractivity contribution in [3.63, 3.8) is 0 Å². The zero-order chi connectivity index (χ0) is 7.49. The summed E-state index contributed by atoms with van der Waals surface area (Å²) in [6, 6.07) is 0. The molecule has 0 saturated carbocycles. The molecule has 0 saturated heterocycles. The minimum Gasteiger partial charge on any atom is -0.224 e. The Labute approximate surface area is 60.4 Å². The molecule has 0 aliphatic carbocycles. The topological polar surface area (TPSA) is 34.1 Å². The molecule has 0 aromatic carbocycles. The average molecular weight is 169 g/mol. The van der Waals surface area contributed by atoms with Crippen molar-refractivity contribution >= 4 is 21.4 Å².